The summed E-state index contributed by atoms with van der Waals surface area (Å²) in [6.45, 7) is 3.95. The van der Waals surface area contributed by atoms with E-state index in [-0.39, 0.29) is 5.82 Å². The SMILES string of the molecule is CCOCc1ccccc1NCc1ccc(F)cc1. The Bertz CT molecular complexity index is 510. The second-order valence-corrected chi connectivity index (χ2v) is 4.27. The molecule has 1 N–H and O–H groups in total. The zero-order chi connectivity index (χ0) is 13.5. The van der Waals surface area contributed by atoms with Crippen molar-refractivity contribution in [2.75, 3.05) is 11.9 Å². The molecule has 0 saturated heterocycles. The molecule has 0 amide bonds. The largest absolute Gasteiger partial charge is 0.381 e. The van der Waals surface area contributed by atoms with E-state index < -0.39 is 0 Å². The molecule has 2 aromatic carbocycles. The predicted octanol–water partition coefficient (Wildman–Crippen LogP) is 3.97. The third-order valence-electron chi connectivity index (χ3n) is 2.88. The zero-order valence-corrected chi connectivity index (χ0v) is 11.0. The fourth-order valence-electron chi connectivity index (χ4n) is 1.83. The van der Waals surface area contributed by atoms with Crippen LogP contribution >= 0.6 is 0 Å². The second-order valence-electron chi connectivity index (χ2n) is 4.27. The molecule has 100 valence electrons. The third-order valence-corrected chi connectivity index (χ3v) is 2.88. The molecule has 0 spiro atoms. The molecular formula is C16H18FNO. The maximum atomic E-state index is 12.8. The highest BCUT2D eigenvalue weighted by Gasteiger charge is 2.01. The molecule has 0 aliphatic heterocycles. The van der Waals surface area contributed by atoms with Crippen LogP contribution < -0.4 is 5.32 Å². The molecule has 0 aromatic heterocycles. The first-order valence-electron chi connectivity index (χ1n) is 6.43. The molecule has 0 saturated carbocycles. The van der Waals surface area contributed by atoms with Crippen molar-refractivity contribution in [3.8, 4) is 0 Å². The average Bonchev–Trinajstić information content (AvgIpc) is 2.45. The van der Waals surface area contributed by atoms with Crippen molar-refractivity contribution in [3.63, 3.8) is 0 Å². The number of nitrogens with one attached hydrogen (secondary N) is 1. The van der Waals surface area contributed by atoms with E-state index in [0.29, 0.717) is 19.8 Å². The Kier molecular flexibility index (Phi) is 4.93. The fourth-order valence-corrected chi connectivity index (χ4v) is 1.83. The number of hydrogen-bond acceptors (Lipinski definition) is 2. The molecule has 2 nitrogen and oxygen atoms in total. The molecular weight excluding hydrogens is 241 g/mol. The minimum Gasteiger partial charge on any atom is -0.381 e. The number of anilines is 1. The van der Waals surface area contributed by atoms with E-state index >= 15 is 0 Å². The van der Waals surface area contributed by atoms with Gasteiger partial charge in [-0.25, -0.2) is 4.39 Å². The van der Waals surface area contributed by atoms with E-state index in [1.54, 1.807) is 12.1 Å². The van der Waals surface area contributed by atoms with E-state index in [9.17, 15) is 4.39 Å². The molecule has 0 heterocycles. The average molecular weight is 259 g/mol. The second kappa shape index (κ2) is 6.90. The summed E-state index contributed by atoms with van der Waals surface area (Å²) in [5.74, 6) is -0.208. The molecule has 0 fully saturated rings. The summed E-state index contributed by atoms with van der Waals surface area (Å²) in [6, 6.07) is 14.6. The highest BCUT2D eigenvalue weighted by atomic mass is 19.1. The summed E-state index contributed by atoms with van der Waals surface area (Å²) in [5.41, 5.74) is 3.24. The Labute approximate surface area is 113 Å². The van der Waals surface area contributed by atoms with Crippen LogP contribution in [0.2, 0.25) is 0 Å². The Morgan fingerprint density at radius 2 is 1.79 bits per heavy atom. The van der Waals surface area contributed by atoms with Gasteiger partial charge in [0.15, 0.2) is 0 Å². The maximum Gasteiger partial charge on any atom is 0.123 e. The van der Waals surface area contributed by atoms with Gasteiger partial charge in [-0.15, -0.1) is 0 Å². The van der Waals surface area contributed by atoms with Gasteiger partial charge in [-0.2, -0.15) is 0 Å². The third kappa shape index (κ3) is 4.07. The topological polar surface area (TPSA) is 21.3 Å². The van der Waals surface area contributed by atoms with Gasteiger partial charge in [-0.05, 0) is 30.7 Å². The molecule has 0 atom stereocenters. The Balaban J connectivity index is 2.00. The van der Waals surface area contributed by atoms with Crippen LogP contribution in [0.3, 0.4) is 0 Å². The summed E-state index contributed by atoms with van der Waals surface area (Å²) in [4.78, 5) is 0. The number of ether oxygens (including phenoxy) is 1. The van der Waals surface area contributed by atoms with Gasteiger partial charge >= 0.3 is 0 Å². The van der Waals surface area contributed by atoms with E-state index in [4.69, 9.17) is 4.74 Å². The number of para-hydroxylation sites is 1. The Morgan fingerprint density at radius 3 is 2.53 bits per heavy atom. The van der Waals surface area contributed by atoms with E-state index in [1.807, 2.05) is 31.2 Å². The van der Waals surface area contributed by atoms with Crippen LogP contribution in [0.15, 0.2) is 48.5 Å². The van der Waals surface area contributed by atoms with Crippen molar-refractivity contribution >= 4 is 5.69 Å². The summed E-state index contributed by atoms with van der Waals surface area (Å²) < 4.78 is 18.3. The van der Waals surface area contributed by atoms with Crippen LogP contribution in [-0.2, 0) is 17.9 Å². The minimum absolute atomic E-state index is 0.208. The lowest BCUT2D eigenvalue weighted by atomic mass is 10.1. The molecule has 2 aromatic rings. The van der Waals surface area contributed by atoms with Gasteiger partial charge in [-0.3, -0.25) is 0 Å². The van der Waals surface area contributed by atoms with Crippen LogP contribution in [-0.4, -0.2) is 6.61 Å². The highest BCUT2D eigenvalue weighted by molar-refractivity contribution is 5.51. The lowest BCUT2D eigenvalue weighted by Gasteiger charge is -2.12. The fraction of sp³-hybridized carbons (Fsp3) is 0.250. The zero-order valence-electron chi connectivity index (χ0n) is 11.0. The standard InChI is InChI=1S/C16H18FNO/c1-2-19-12-14-5-3-4-6-16(14)18-11-13-7-9-15(17)10-8-13/h3-10,18H,2,11-12H2,1H3. The van der Waals surface area contributed by atoms with E-state index in [0.717, 1.165) is 16.8 Å². The van der Waals surface area contributed by atoms with Crippen LogP contribution in [0.4, 0.5) is 10.1 Å². The van der Waals surface area contributed by atoms with Crippen molar-refractivity contribution in [2.24, 2.45) is 0 Å². The van der Waals surface area contributed by atoms with Crippen LogP contribution in [0.25, 0.3) is 0 Å². The molecule has 0 aliphatic rings. The first-order chi connectivity index (χ1) is 9.29. The van der Waals surface area contributed by atoms with E-state index in [2.05, 4.69) is 5.32 Å². The Morgan fingerprint density at radius 1 is 1.05 bits per heavy atom. The van der Waals surface area contributed by atoms with Crippen LogP contribution in [0, 0.1) is 5.82 Å². The number of halogens is 1. The molecule has 19 heavy (non-hydrogen) atoms. The predicted molar refractivity (Wildman–Crippen MR) is 75.5 cm³/mol. The molecule has 2 rings (SSSR count). The van der Waals surface area contributed by atoms with E-state index in [1.165, 1.54) is 12.1 Å². The quantitative estimate of drug-likeness (QED) is 0.847. The summed E-state index contributed by atoms with van der Waals surface area (Å²) in [5, 5.41) is 3.36. The van der Waals surface area contributed by atoms with Crippen LogP contribution in [0.1, 0.15) is 18.1 Å². The first-order valence-corrected chi connectivity index (χ1v) is 6.43. The molecule has 0 unspecified atom stereocenters. The van der Waals surface area contributed by atoms with Crippen molar-refractivity contribution < 1.29 is 9.13 Å². The monoisotopic (exact) mass is 259 g/mol. The van der Waals surface area contributed by atoms with Gasteiger partial charge in [0, 0.05) is 24.4 Å². The summed E-state index contributed by atoms with van der Waals surface area (Å²) in [7, 11) is 0. The highest BCUT2D eigenvalue weighted by Crippen LogP contribution is 2.17. The van der Waals surface area contributed by atoms with Gasteiger partial charge in [0.05, 0.1) is 6.61 Å². The molecule has 0 aliphatic carbocycles. The molecule has 3 heteroatoms. The smallest absolute Gasteiger partial charge is 0.123 e. The normalized spacial score (nSPS) is 10.4. The summed E-state index contributed by atoms with van der Waals surface area (Å²) >= 11 is 0. The van der Waals surface area contributed by atoms with Crippen molar-refractivity contribution in [1.29, 1.82) is 0 Å². The lowest BCUT2D eigenvalue weighted by Crippen LogP contribution is -2.03. The van der Waals surface area contributed by atoms with Crippen molar-refractivity contribution in [1.82, 2.24) is 0 Å². The minimum atomic E-state index is -0.208. The van der Waals surface area contributed by atoms with Crippen molar-refractivity contribution in [3.05, 3.63) is 65.5 Å². The summed E-state index contributed by atoms with van der Waals surface area (Å²) in [6.07, 6.45) is 0. The van der Waals surface area contributed by atoms with Crippen LogP contribution in [0.5, 0.6) is 0 Å². The lowest BCUT2D eigenvalue weighted by molar-refractivity contribution is 0.134. The van der Waals surface area contributed by atoms with Gasteiger partial charge in [0.25, 0.3) is 0 Å². The maximum absolute atomic E-state index is 12.8. The number of hydrogen-bond donors (Lipinski definition) is 1. The number of benzene rings is 2. The van der Waals surface area contributed by atoms with Crippen molar-refractivity contribution in [2.45, 2.75) is 20.1 Å². The van der Waals surface area contributed by atoms with Gasteiger partial charge in [0.1, 0.15) is 5.82 Å². The molecule has 0 bridgehead atoms. The molecule has 0 radical (unpaired) electrons. The Hall–Kier alpha value is -1.87. The number of rotatable bonds is 6. The van der Waals surface area contributed by atoms with Gasteiger partial charge in [0.2, 0.25) is 0 Å². The van der Waals surface area contributed by atoms with Gasteiger partial charge in [-0.1, -0.05) is 30.3 Å². The van der Waals surface area contributed by atoms with Gasteiger partial charge < -0.3 is 10.1 Å². The first kappa shape index (κ1) is 13.6.